The summed E-state index contributed by atoms with van der Waals surface area (Å²) in [6.45, 7) is 7.85. The van der Waals surface area contributed by atoms with Gasteiger partial charge in [0.2, 0.25) is 0 Å². The van der Waals surface area contributed by atoms with Gasteiger partial charge >= 0.3 is 23.9 Å². The molecule has 0 unspecified atom stereocenters. The number of unbranched alkanes of at least 4 members (excludes halogenated alkanes) is 18. The molecule has 2 aromatic rings. The minimum Gasteiger partial charge on any atom is -0.488 e. The summed E-state index contributed by atoms with van der Waals surface area (Å²) in [7, 11) is 0. The van der Waals surface area contributed by atoms with Crippen molar-refractivity contribution in [3.8, 4) is 11.5 Å². The van der Waals surface area contributed by atoms with Gasteiger partial charge in [0.25, 0.3) is 0 Å². The van der Waals surface area contributed by atoms with Crippen LogP contribution in [0.15, 0.2) is 48.5 Å². The Morgan fingerprint density at radius 2 is 0.618 bits per heavy atom. The number of hydrogen-bond acceptors (Lipinski definition) is 16. The Morgan fingerprint density at radius 3 is 0.934 bits per heavy atom. The number of benzene rings is 2. The van der Waals surface area contributed by atoms with Gasteiger partial charge in [-0.1, -0.05) is 154 Å². The fraction of sp³-hybridized carbons (Fsp3) is 0.724. The third kappa shape index (κ3) is 37.9. The van der Waals surface area contributed by atoms with Gasteiger partial charge in [0.15, 0.2) is 0 Å². The van der Waals surface area contributed by atoms with E-state index in [4.69, 9.17) is 47.4 Å². The molecule has 0 atom stereocenters. The minimum atomic E-state index is -1.16. The van der Waals surface area contributed by atoms with E-state index in [1.54, 1.807) is 48.5 Å². The molecular formula is C58H96N2O16. The van der Waals surface area contributed by atoms with E-state index in [1.807, 2.05) is 0 Å². The highest BCUT2D eigenvalue weighted by atomic mass is 16.6. The van der Waals surface area contributed by atoms with Gasteiger partial charge in [-0.15, -0.1) is 0 Å². The summed E-state index contributed by atoms with van der Waals surface area (Å²) >= 11 is 0. The van der Waals surface area contributed by atoms with Gasteiger partial charge < -0.3 is 67.4 Å². The monoisotopic (exact) mass is 1080 g/mol. The lowest BCUT2D eigenvalue weighted by Crippen LogP contribution is -2.36. The molecule has 0 saturated carbocycles. The van der Waals surface area contributed by atoms with E-state index in [0.29, 0.717) is 75.7 Å². The normalized spacial score (nSPS) is 11.1. The third-order valence-corrected chi connectivity index (χ3v) is 12.1. The number of carbonyl (C=O) groups is 4. The number of carboxylic acid groups (broad SMARTS) is 2. The van der Waals surface area contributed by atoms with Gasteiger partial charge in [-0.3, -0.25) is 19.2 Å². The highest BCUT2D eigenvalue weighted by Gasteiger charge is 2.21. The first-order chi connectivity index (χ1) is 37.2. The summed E-state index contributed by atoms with van der Waals surface area (Å²) in [5.41, 5.74) is 0.701. The number of carboxylic acids is 2. The van der Waals surface area contributed by atoms with Gasteiger partial charge in [0, 0.05) is 13.2 Å². The number of ether oxygens (including phenoxy) is 10. The van der Waals surface area contributed by atoms with Crippen molar-refractivity contribution >= 4 is 35.3 Å². The molecule has 18 heteroatoms. The maximum Gasteiger partial charge on any atom is 0.325 e. The highest BCUT2D eigenvalue weighted by Crippen LogP contribution is 2.30. The van der Waals surface area contributed by atoms with E-state index in [0.717, 1.165) is 26.1 Å². The highest BCUT2D eigenvalue weighted by molar-refractivity contribution is 5.82. The van der Waals surface area contributed by atoms with Gasteiger partial charge in [0.1, 0.15) is 64.1 Å². The molecule has 2 N–H and O–H groups in total. The van der Waals surface area contributed by atoms with E-state index >= 15 is 0 Å². The van der Waals surface area contributed by atoms with Crippen molar-refractivity contribution in [2.45, 2.75) is 142 Å². The standard InChI is InChI=1S/C58H96N2O16/c1-3-5-7-9-11-13-15-17-19-25-31-67-33-35-69-37-39-71-41-43-75-57(65)49-59(47-55(61)62)51-27-21-23-29-53(51)73-45-46-74-54-30-24-22-28-52(54)60(48-56(63)64)50-58(66)76-44-42-72-40-38-70-36-34-68-32-26-20-18-16-14-12-10-8-6-4-2/h21-24,27-30H,3-20,25-26,31-50H2,1-2H3,(H,61,62)(H,63,64). The zero-order chi connectivity index (χ0) is 54.8. The van der Waals surface area contributed by atoms with Crippen molar-refractivity contribution in [2.75, 3.05) is 142 Å². The second kappa shape index (κ2) is 48.6. The predicted octanol–water partition coefficient (Wildman–Crippen LogP) is 9.95. The lowest BCUT2D eigenvalue weighted by atomic mass is 10.1. The Bertz CT molecular complexity index is 1610. The lowest BCUT2D eigenvalue weighted by molar-refractivity contribution is -0.145. The Labute approximate surface area is 454 Å². The van der Waals surface area contributed by atoms with Gasteiger partial charge in [-0.25, -0.2) is 0 Å². The molecular weight excluding hydrogens is 981 g/mol. The molecule has 2 rings (SSSR count). The van der Waals surface area contributed by atoms with E-state index in [-0.39, 0.29) is 52.7 Å². The molecule has 0 spiro atoms. The molecule has 0 heterocycles. The van der Waals surface area contributed by atoms with Crippen molar-refractivity contribution in [2.24, 2.45) is 0 Å². The van der Waals surface area contributed by atoms with E-state index in [9.17, 15) is 29.4 Å². The summed E-state index contributed by atoms with van der Waals surface area (Å²) in [5.74, 6) is -3.02. The summed E-state index contributed by atoms with van der Waals surface area (Å²) in [6.07, 6.45) is 25.7. The molecule has 0 amide bonds. The first-order valence-electron chi connectivity index (χ1n) is 28.4. The molecule has 0 radical (unpaired) electrons. The molecule has 0 saturated heterocycles. The molecule has 434 valence electrons. The van der Waals surface area contributed by atoms with Crippen LogP contribution in [0.5, 0.6) is 11.5 Å². The van der Waals surface area contributed by atoms with E-state index in [2.05, 4.69) is 13.8 Å². The summed E-state index contributed by atoms with van der Waals surface area (Å²) < 4.78 is 56.2. The van der Waals surface area contributed by atoms with E-state index in [1.165, 1.54) is 125 Å². The zero-order valence-electron chi connectivity index (χ0n) is 46.4. The summed E-state index contributed by atoms with van der Waals surface area (Å²) in [4.78, 5) is 52.1. The quantitative estimate of drug-likeness (QED) is 0.0467. The van der Waals surface area contributed by atoms with Crippen LogP contribution in [-0.2, 0) is 57.1 Å². The van der Waals surface area contributed by atoms with E-state index < -0.39 is 37.0 Å². The first-order valence-corrected chi connectivity index (χ1v) is 28.4. The topological polar surface area (TPSA) is 208 Å². The predicted molar refractivity (Wildman–Crippen MR) is 294 cm³/mol. The fourth-order valence-electron chi connectivity index (χ4n) is 8.06. The number of hydrogen-bond donors (Lipinski definition) is 2. The van der Waals surface area contributed by atoms with Crippen LogP contribution < -0.4 is 19.3 Å². The van der Waals surface area contributed by atoms with Crippen LogP contribution in [0, 0.1) is 0 Å². The maximum absolute atomic E-state index is 12.8. The average Bonchev–Trinajstić information content (AvgIpc) is 3.41. The van der Waals surface area contributed by atoms with Crippen LogP contribution >= 0.6 is 0 Å². The van der Waals surface area contributed by atoms with Crippen LogP contribution in [0.1, 0.15) is 142 Å². The van der Waals surface area contributed by atoms with Crippen molar-refractivity contribution < 1.29 is 76.8 Å². The first kappa shape index (κ1) is 67.4. The average molecular weight is 1080 g/mol. The van der Waals surface area contributed by atoms with Crippen molar-refractivity contribution in [3.05, 3.63) is 48.5 Å². The number of carbonyl (C=O) groups excluding carboxylic acids is 2. The largest absolute Gasteiger partial charge is 0.488 e. The van der Waals surface area contributed by atoms with Crippen LogP contribution in [-0.4, -0.2) is 166 Å². The summed E-state index contributed by atoms with van der Waals surface area (Å²) in [6, 6.07) is 13.4. The second-order valence-electron chi connectivity index (χ2n) is 18.6. The maximum atomic E-state index is 12.8. The van der Waals surface area contributed by atoms with Crippen LogP contribution in [0.4, 0.5) is 11.4 Å². The molecule has 76 heavy (non-hydrogen) atoms. The van der Waals surface area contributed by atoms with Crippen LogP contribution in [0.3, 0.4) is 0 Å². The molecule has 0 aliphatic rings. The SMILES string of the molecule is CCCCCCCCCCCCOCCOCCOCCOC(=O)CN(CC(=O)O)c1ccccc1OCCOc1ccccc1N(CC(=O)O)CC(=O)OCCOCCOCCOCCCCCCCCCCCC. The van der Waals surface area contributed by atoms with Crippen LogP contribution in [0.2, 0.25) is 0 Å². The molecule has 0 bridgehead atoms. The Balaban J connectivity index is 1.65. The molecule has 0 aromatic heterocycles. The smallest absolute Gasteiger partial charge is 0.325 e. The molecule has 0 fully saturated rings. The van der Waals surface area contributed by atoms with Gasteiger partial charge in [-0.2, -0.15) is 0 Å². The Morgan fingerprint density at radius 1 is 0.342 bits per heavy atom. The number of esters is 2. The van der Waals surface area contributed by atoms with Crippen molar-refractivity contribution in [1.82, 2.24) is 0 Å². The van der Waals surface area contributed by atoms with Crippen LogP contribution in [0.25, 0.3) is 0 Å². The number of nitrogens with zero attached hydrogens (tertiary/aromatic N) is 2. The molecule has 2 aromatic carbocycles. The summed E-state index contributed by atoms with van der Waals surface area (Å²) in [5, 5.41) is 19.4. The van der Waals surface area contributed by atoms with Crippen molar-refractivity contribution in [3.63, 3.8) is 0 Å². The number of para-hydroxylation sites is 4. The van der Waals surface area contributed by atoms with Gasteiger partial charge in [0.05, 0.1) is 77.4 Å². The molecule has 18 nitrogen and oxygen atoms in total. The zero-order valence-corrected chi connectivity index (χ0v) is 46.4. The Kier molecular flexibility index (Phi) is 43.1. The van der Waals surface area contributed by atoms with Crippen molar-refractivity contribution in [1.29, 1.82) is 0 Å². The fourth-order valence-corrected chi connectivity index (χ4v) is 8.06. The Hall–Kier alpha value is -4.72. The van der Waals surface area contributed by atoms with Gasteiger partial charge in [-0.05, 0) is 37.1 Å². The number of rotatable bonds is 55. The third-order valence-electron chi connectivity index (χ3n) is 12.1. The number of anilines is 2. The molecule has 0 aliphatic heterocycles. The number of aliphatic carboxylic acids is 2. The minimum absolute atomic E-state index is 0.0105. The lowest BCUT2D eigenvalue weighted by Gasteiger charge is -2.25. The molecule has 0 aliphatic carbocycles. The second-order valence-corrected chi connectivity index (χ2v) is 18.6.